The van der Waals surface area contributed by atoms with Gasteiger partial charge in [-0.05, 0) is 19.1 Å². The summed E-state index contributed by atoms with van der Waals surface area (Å²) in [6.45, 7) is 2.92. The van der Waals surface area contributed by atoms with Crippen molar-refractivity contribution < 1.29 is 0 Å². The SMILES string of the molecule is Cc1ccc(N2CN(C)C=N2)cc1. The van der Waals surface area contributed by atoms with E-state index in [2.05, 4.69) is 36.3 Å². The highest BCUT2D eigenvalue weighted by Crippen LogP contribution is 2.17. The number of aryl methyl sites for hydroxylation is 1. The number of hydrogen-bond acceptors (Lipinski definition) is 3. The number of benzene rings is 1. The normalized spacial score (nSPS) is 15.5. The smallest absolute Gasteiger partial charge is 0.113 e. The maximum Gasteiger partial charge on any atom is 0.113 e. The molecule has 0 amide bonds. The lowest BCUT2D eigenvalue weighted by Gasteiger charge is -2.15. The zero-order valence-electron chi connectivity index (χ0n) is 7.94. The van der Waals surface area contributed by atoms with Gasteiger partial charge in [0, 0.05) is 7.05 Å². The molecule has 0 aromatic heterocycles. The second kappa shape index (κ2) is 3.09. The van der Waals surface area contributed by atoms with Gasteiger partial charge in [-0.2, -0.15) is 5.10 Å². The second-order valence-electron chi connectivity index (χ2n) is 3.36. The van der Waals surface area contributed by atoms with Gasteiger partial charge in [-0.3, -0.25) is 0 Å². The molecule has 0 saturated carbocycles. The highest BCUT2D eigenvalue weighted by Gasteiger charge is 2.10. The van der Waals surface area contributed by atoms with E-state index in [1.165, 1.54) is 5.56 Å². The van der Waals surface area contributed by atoms with Crippen molar-refractivity contribution in [2.24, 2.45) is 5.10 Å². The van der Waals surface area contributed by atoms with E-state index in [1.54, 1.807) is 0 Å². The first-order valence-electron chi connectivity index (χ1n) is 4.34. The fourth-order valence-electron chi connectivity index (χ4n) is 1.30. The van der Waals surface area contributed by atoms with Gasteiger partial charge in [0.15, 0.2) is 0 Å². The Morgan fingerprint density at radius 3 is 2.46 bits per heavy atom. The Balaban J connectivity index is 2.18. The van der Waals surface area contributed by atoms with Crippen molar-refractivity contribution in [1.82, 2.24) is 4.90 Å². The summed E-state index contributed by atoms with van der Waals surface area (Å²) >= 11 is 0. The predicted octanol–water partition coefficient (Wildman–Crippen LogP) is 1.65. The molecule has 0 radical (unpaired) electrons. The quantitative estimate of drug-likeness (QED) is 0.646. The molecule has 0 unspecified atom stereocenters. The van der Waals surface area contributed by atoms with Crippen LogP contribution in [0.25, 0.3) is 0 Å². The summed E-state index contributed by atoms with van der Waals surface area (Å²) in [6.07, 6.45) is 1.83. The molecule has 0 bridgehead atoms. The molecule has 0 N–H and O–H groups in total. The van der Waals surface area contributed by atoms with Crippen LogP contribution in [0.3, 0.4) is 0 Å². The van der Waals surface area contributed by atoms with Crippen LogP contribution < -0.4 is 5.01 Å². The van der Waals surface area contributed by atoms with Gasteiger partial charge in [-0.25, -0.2) is 5.01 Å². The van der Waals surface area contributed by atoms with Gasteiger partial charge in [0.2, 0.25) is 0 Å². The standard InChI is InChI=1S/C10H13N3/c1-9-3-5-10(6-4-9)13-8-12(2)7-11-13/h3-7H,8H2,1-2H3. The summed E-state index contributed by atoms with van der Waals surface area (Å²) in [4.78, 5) is 2.04. The molecule has 0 saturated heterocycles. The molecule has 1 aliphatic rings. The largest absolute Gasteiger partial charge is 0.345 e. The topological polar surface area (TPSA) is 18.8 Å². The van der Waals surface area contributed by atoms with Gasteiger partial charge in [0.1, 0.15) is 13.0 Å². The average molecular weight is 175 g/mol. The Bertz CT molecular complexity index is 315. The summed E-state index contributed by atoms with van der Waals surface area (Å²) < 4.78 is 0. The van der Waals surface area contributed by atoms with Crippen LogP contribution in [0.4, 0.5) is 5.69 Å². The van der Waals surface area contributed by atoms with Crippen molar-refractivity contribution in [1.29, 1.82) is 0 Å². The van der Waals surface area contributed by atoms with Crippen LogP contribution in [0, 0.1) is 6.92 Å². The van der Waals surface area contributed by atoms with E-state index in [9.17, 15) is 0 Å². The monoisotopic (exact) mass is 175 g/mol. The Labute approximate surface area is 78.3 Å². The van der Waals surface area contributed by atoms with Crippen LogP contribution >= 0.6 is 0 Å². The fourth-order valence-corrected chi connectivity index (χ4v) is 1.30. The minimum Gasteiger partial charge on any atom is -0.345 e. The third-order valence-electron chi connectivity index (χ3n) is 2.08. The van der Waals surface area contributed by atoms with Gasteiger partial charge >= 0.3 is 0 Å². The molecule has 0 atom stereocenters. The lowest BCUT2D eigenvalue weighted by Crippen LogP contribution is -2.22. The zero-order valence-corrected chi connectivity index (χ0v) is 7.94. The van der Waals surface area contributed by atoms with Crippen LogP contribution in [-0.2, 0) is 0 Å². The van der Waals surface area contributed by atoms with E-state index in [4.69, 9.17) is 0 Å². The number of hydrazone groups is 1. The third-order valence-corrected chi connectivity index (χ3v) is 2.08. The number of anilines is 1. The average Bonchev–Trinajstić information content (AvgIpc) is 2.53. The lowest BCUT2D eigenvalue weighted by atomic mass is 10.2. The van der Waals surface area contributed by atoms with E-state index in [0.29, 0.717) is 0 Å². The van der Waals surface area contributed by atoms with Gasteiger partial charge < -0.3 is 4.90 Å². The molecule has 1 heterocycles. The summed E-state index contributed by atoms with van der Waals surface area (Å²) in [5, 5.41) is 6.22. The third kappa shape index (κ3) is 1.64. The minimum atomic E-state index is 0.836. The number of rotatable bonds is 1. The maximum absolute atomic E-state index is 4.25. The summed E-state index contributed by atoms with van der Waals surface area (Å²) in [5.41, 5.74) is 2.42. The van der Waals surface area contributed by atoms with Crippen molar-refractivity contribution in [2.45, 2.75) is 6.92 Å². The number of nitrogens with zero attached hydrogens (tertiary/aromatic N) is 3. The molecule has 2 rings (SSSR count). The second-order valence-corrected chi connectivity index (χ2v) is 3.36. The van der Waals surface area contributed by atoms with Gasteiger partial charge in [0.05, 0.1) is 5.69 Å². The van der Waals surface area contributed by atoms with Crippen molar-refractivity contribution in [2.75, 3.05) is 18.7 Å². The van der Waals surface area contributed by atoms with Crippen LogP contribution in [0.5, 0.6) is 0 Å². The van der Waals surface area contributed by atoms with Crippen molar-refractivity contribution >= 4 is 12.0 Å². The Kier molecular flexibility index (Phi) is 1.93. The van der Waals surface area contributed by atoms with Crippen LogP contribution in [0.2, 0.25) is 0 Å². The Morgan fingerprint density at radius 2 is 1.92 bits per heavy atom. The van der Waals surface area contributed by atoms with E-state index < -0.39 is 0 Å². The van der Waals surface area contributed by atoms with Crippen LogP contribution in [0.15, 0.2) is 29.4 Å². The van der Waals surface area contributed by atoms with Gasteiger partial charge in [-0.1, -0.05) is 17.7 Å². The molecule has 0 spiro atoms. The van der Waals surface area contributed by atoms with Crippen LogP contribution in [-0.4, -0.2) is 25.0 Å². The summed E-state index contributed by atoms with van der Waals surface area (Å²) in [6, 6.07) is 8.38. The van der Waals surface area contributed by atoms with E-state index in [-0.39, 0.29) is 0 Å². The molecule has 0 fully saturated rings. The van der Waals surface area contributed by atoms with Crippen molar-refractivity contribution in [3.63, 3.8) is 0 Å². The molecule has 1 aliphatic heterocycles. The highest BCUT2D eigenvalue weighted by molar-refractivity contribution is 5.62. The highest BCUT2D eigenvalue weighted by atomic mass is 15.6. The zero-order chi connectivity index (χ0) is 9.26. The molecule has 3 heteroatoms. The molecular formula is C10H13N3. The minimum absolute atomic E-state index is 0.836. The Hall–Kier alpha value is -1.51. The molecule has 1 aromatic rings. The molecular weight excluding hydrogens is 162 g/mol. The molecule has 1 aromatic carbocycles. The first-order valence-corrected chi connectivity index (χ1v) is 4.34. The number of hydrogen-bond donors (Lipinski definition) is 0. The van der Waals surface area contributed by atoms with E-state index in [0.717, 1.165) is 12.4 Å². The van der Waals surface area contributed by atoms with Gasteiger partial charge in [-0.15, -0.1) is 0 Å². The van der Waals surface area contributed by atoms with E-state index in [1.807, 2.05) is 23.3 Å². The van der Waals surface area contributed by atoms with Gasteiger partial charge in [0.25, 0.3) is 0 Å². The van der Waals surface area contributed by atoms with Crippen molar-refractivity contribution in [3.8, 4) is 0 Å². The fraction of sp³-hybridized carbons (Fsp3) is 0.300. The summed E-state index contributed by atoms with van der Waals surface area (Å²) in [5.74, 6) is 0. The molecule has 68 valence electrons. The molecule has 0 aliphatic carbocycles. The molecule has 13 heavy (non-hydrogen) atoms. The summed E-state index contributed by atoms with van der Waals surface area (Å²) in [7, 11) is 2.01. The Morgan fingerprint density at radius 1 is 1.23 bits per heavy atom. The maximum atomic E-state index is 4.25. The van der Waals surface area contributed by atoms with E-state index >= 15 is 0 Å². The molecule has 3 nitrogen and oxygen atoms in total. The first-order chi connectivity index (χ1) is 6.25. The first kappa shape index (κ1) is 8.10. The van der Waals surface area contributed by atoms with Crippen molar-refractivity contribution in [3.05, 3.63) is 29.8 Å². The van der Waals surface area contributed by atoms with Crippen LogP contribution in [0.1, 0.15) is 5.56 Å². The lowest BCUT2D eigenvalue weighted by molar-refractivity contribution is 0.549. The predicted molar refractivity (Wildman–Crippen MR) is 54.8 cm³/mol.